The molecule has 11 nitrogen and oxygen atoms in total. The van der Waals surface area contributed by atoms with Crippen LogP contribution in [0.25, 0.3) is 22.5 Å². The lowest BCUT2D eigenvalue weighted by Gasteiger charge is -2.17. The van der Waals surface area contributed by atoms with Gasteiger partial charge in [-0.3, -0.25) is 4.79 Å². The number of carbonyl (C=O) groups excluding carboxylic acids is 1. The van der Waals surface area contributed by atoms with Gasteiger partial charge in [0.1, 0.15) is 11.8 Å². The average Bonchev–Trinajstić information content (AvgIpc) is 3.63. The molecule has 12 heteroatoms. The highest BCUT2D eigenvalue weighted by Gasteiger charge is 2.23. The highest BCUT2D eigenvalue weighted by molar-refractivity contribution is 6.15. The lowest BCUT2D eigenvalue weighted by molar-refractivity contribution is -0.117. The van der Waals surface area contributed by atoms with E-state index in [0.717, 1.165) is 11.3 Å². The highest BCUT2D eigenvalue weighted by Crippen LogP contribution is 2.44. The van der Waals surface area contributed by atoms with Gasteiger partial charge in [-0.1, -0.05) is 11.2 Å². The van der Waals surface area contributed by atoms with Crippen LogP contribution >= 0.6 is 11.8 Å². The molecule has 2 aromatic heterocycles. The number of imidazole rings is 1. The highest BCUT2D eigenvalue weighted by atomic mass is 35.5. The van der Waals surface area contributed by atoms with Gasteiger partial charge in [0.05, 0.1) is 46.7 Å². The van der Waals surface area contributed by atoms with E-state index in [0.29, 0.717) is 52.0 Å². The molecule has 4 rings (SSSR count). The summed E-state index contributed by atoms with van der Waals surface area (Å²) in [4.78, 5) is 22.4. The zero-order valence-corrected chi connectivity index (χ0v) is 21.4. The third-order valence-corrected chi connectivity index (χ3v) is 5.96. The first-order valence-electron chi connectivity index (χ1n) is 11.1. The first kappa shape index (κ1) is 25.9. The number of carbonyl (C=O) groups is 1. The summed E-state index contributed by atoms with van der Waals surface area (Å²) in [7, 11) is 6.13. The molecule has 194 valence electrons. The van der Waals surface area contributed by atoms with E-state index >= 15 is 0 Å². The van der Waals surface area contributed by atoms with Gasteiger partial charge in [0.2, 0.25) is 11.7 Å². The van der Waals surface area contributed by atoms with Crippen molar-refractivity contribution in [2.45, 2.75) is 12.5 Å². The quantitative estimate of drug-likeness (QED) is 0.247. The smallest absolute Gasteiger partial charge is 0.243 e. The molecule has 0 bridgehead atoms. The first-order chi connectivity index (χ1) is 18.0. The maximum absolute atomic E-state index is 13.0. The maximum Gasteiger partial charge on any atom is 0.243 e. The van der Waals surface area contributed by atoms with Crippen molar-refractivity contribution in [3.63, 3.8) is 0 Å². The molecule has 3 N–H and O–H groups in total. The third kappa shape index (κ3) is 5.47. The van der Waals surface area contributed by atoms with Crippen LogP contribution in [0.3, 0.4) is 0 Å². The fraction of sp³-hybridized carbons (Fsp3) is 0.240. The fourth-order valence-corrected chi connectivity index (χ4v) is 4.03. The Balaban J connectivity index is 1.68. The molecule has 0 saturated heterocycles. The second-order valence-corrected chi connectivity index (χ2v) is 8.05. The van der Waals surface area contributed by atoms with Crippen molar-refractivity contribution in [2.75, 3.05) is 33.8 Å². The number of aromatic amines is 1. The monoisotopic (exact) mass is 527 g/mol. The van der Waals surface area contributed by atoms with Crippen LogP contribution in [0.5, 0.6) is 23.0 Å². The number of hydrogen-bond acceptors (Lipinski definition) is 9. The van der Waals surface area contributed by atoms with Crippen molar-refractivity contribution in [3.05, 3.63) is 54.7 Å². The van der Waals surface area contributed by atoms with Crippen LogP contribution in [0.1, 0.15) is 5.69 Å². The minimum Gasteiger partial charge on any atom is -0.495 e. The molecule has 2 aromatic carbocycles. The van der Waals surface area contributed by atoms with Crippen LogP contribution in [0, 0.1) is 0 Å². The summed E-state index contributed by atoms with van der Waals surface area (Å²) in [5.41, 5.74) is 3.27. The SMILES string of the molecule is COc1ccc(-c2cnoc2-c2cc(OC)c(OC)c(OC)c2)cc1NC(=O)C(Cc1cnc[nH]1)NCl. The molecule has 0 aliphatic heterocycles. The molecule has 0 fully saturated rings. The Kier molecular flexibility index (Phi) is 8.16. The number of anilines is 1. The van der Waals surface area contributed by atoms with Gasteiger partial charge in [0.15, 0.2) is 17.3 Å². The summed E-state index contributed by atoms with van der Waals surface area (Å²) >= 11 is 5.86. The number of nitrogens with zero attached hydrogens (tertiary/aromatic N) is 2. The second kappa shape index (κ2) is 11.7. The summed E-state index contributed by atoms with van der Waals surface area (Å²) in [6, 6.07) is 8.17. The van der Waals surface area contributed by atoms with Crippen LogP contribution in [0.15, 0.2) is 53.6 Å². The van der Waals surface area contributed by atoms with Crippen molar-refractivity contribution in [3.8, 4) is 45.4 Å². The predicted molar refractivity (Wildman–Crippen MR) is 137 cm³/mol. The van der Waals surface area contributed by atoms with E-state index in [9.17, 15) is 4.79 Å². The lowest BCUT2D eigenvalue weighted by Crippen LogP contribution is -2.37. The minimum atomic E-state index is -0.721. The Hall–Kier alpha value is -4.22. The number of ether oxygens (including phenoxy) is 4. The number of rotatable bonds is 11. The molecular formula is C25H26ClN5O6. The Bertz CT molecular complexity index is 1330. The molecule has 0 aliphatic rings. The minimum absolute atomic E-state index is 0.314. The van der Waals surface area contributed by atoms with E-state index in [1.807, 2.05) is 6.07 Å². The molecule has 0 aliphatic carbocycles. The van der Waals surface area contributed by atoms with Gasteiger partial charge >= 0.3 is 0 Å². The average molecular weight is 528 g/mol. The number of benzene rings is 2. The van der Waals surface area contributed by atoms with Gasteiger partial charge in [0.25, 0.3) is 0 Å². The number of hydrogen-bond donors (Lipinski definition) is 3. The summed E-state index contributed by atoms with van der Waals surface area (Å²) in [5.74, 6) is 1.99. The molecular weight excluding hydrogens is 502 g/mol. The van der Waals surface area contributed by atoms with Gasteiger partial charge in [-0.15, -0.1) is 0 Å². The maximum atomic E-state index is 13.0. The summed E-state index contributed by atoms with van der Waals surface area (Å²) in [6.07, 6.45) is 5.07. The summed E-state index contributed by atoms with van der Waals surface area (Å²) < 4.78 is 27.4. The van der Waals surface area contributed by atoms with E-state index < -0.39 is 6.04 Å². The van der Waals surface area contributed by atoms with Crippen LogP contribution in [0.4, 0.5) is 5.69 Å². The summed E-state index contributed by atoms with van der Waals surface area (Å²) in [6.45, 7) is 0. The van der Waals surface area contributed by atoms with Crippen molar-refractivity contribution in [2.24, 2.45) is 0 Å². The number of amides is 1. The zero-order valence-electron chi connectivity index (χ0n) is 20.6. The van der Waals surface area contributed by atoms with Crippen molar-refractivity contribution >= 4 is 23.4 Å². The van der Waals surface area contributed by atoms with Crippen LogP contribution in [0.2, 0.25) is 0 Å². The number of aromatic nitrogens is 3. The van der Waals surface area contributed by atoms with Crippen LogP contribution < -0.4 is 29.1 Å². The van der Waals surface area contributed by atoms with E-state index in [-0.39, 0.29) is 5.91 Å². The number of methoxy groups -OCH3 is 4. The van der Waals surface area contributed by atoms with Gasteiger partial charge < -0.3 is 33.8 Å². The zero-order chi connectivity index (χ0) is 26.4. The number of H-pyrrole nitrogens is 1. The fourth-order valence-electron chi connectivity index (χ4n) is 3.86. The summed E-state index contributed by atoms with van der Waals surface area (Å²) in [5, 5.41) is 6.89. The molecule has 1 amide bonds. The predicted octanol–water partition coefficient (Wildman–Crippen LogP) is 4.06. The molecule has 0 saturated carbocycles. The first-order valence-corrected chi connectivity index (χ1v) is 11.5. The molecule has 0 spiro atoms. The van der Waals surface area contributed by atoms with Crippen LogP contribution in [-0.2, 0) is 11.2 Å². The van der Waals surface area contributed by atoms with Gasteiger partial charge in [-0.25, -0.2) is 9.82 Å². The van der Waals surface area contributed by atoms with E-state index in [1.165, 1.54) is 34.8 Å². The Morgan fingerprint density at radius 2 is 1.73 bits per heavy atom. The van der Waals surface area contributed by atoms with Crippen molar-refractivity contribution < 1.29 is 28.3 Å². The molecule has 2 heterocycles. The van der Waals surface area contributed by atoms with E-state index in [1.54, 1.807) is 36.7 Å². The Labute approximate surface area is 218 Å². The van der Waals surface area contributed by atoms with Crippen molar-refractivity contribution in [1.29, 1.82) is 0 Å². The van der Waals surface area contributed by atoms with E-state index in [4.69, 9.17) is 35.2 Å². The standard InChI is InChI=1S/C25H26ClN5O6/c1-33-20-6-5-14(7-18(20)30-25(32)19(31-26)10-16-11-27-13-28-16)17-12-29-37-23(17)15-8-21(34-2)24(36-4)22(9-15)35-3/h5-9,11-13,19,31H,10H2,1-4H3,(H,27,28)(H,30,32). The Morgan fingerprint density at radius 1 is 1.00 bits per heavy atom. The molecule has 1 unspecified atom stereocenters. The number of nitrogens with one attached hydrogen (secondary N) is 3. The Morgan fingerprint density at radius 3 is 2.32 bits per heavy atom. The van der Waals surface area contributed by atoms with Crippen LogP contribution in [-0.4, -0.2) is 55.5 Å². The third-order valence-electron chi connectivity index (χ3n) is 5.69. The normalized spacial score (nSPS) is 11.6. The topological polar surface area (TPSA) is 133 Å². The largest absolute Gasteiger partial charge is 0.495 e. The molecule has 37 heavy (non-hydrogen) atoms. The lowest BCUT2D eigenvalue weighted by atomic mass is 10.0. The number of halogens is 1. The van der Waals surface area contributed by atoms with E-state index in [2.05, 4.69) is 25.3 Å². The molecule has 4 aromatic rings. The van der Waals surface area contributed by atoms with Gasteiger partial charge in [-0.05, 0) is 41.6 Å². The second-order valence-electron chi connectivity index (χ2n) is 7.83. The molecule has 1 atom stereocenters. The van der Waals surface area contributed by atoms with Crippen molar-refractivity contribution in [1.82, 2.24) is 20.0 Å². The molecule has 0 radical (unpaired) electrons. The van der Waals surface area contributed by atoms with Gasteiger partial charge in [-0.2, -0.15) is 0 Å². The van der Waals surface area contributed by atoms with Gasteiger partial charge in [0, 0.05) is 29.4 Å².